The summed E-state index contributed by atoms with van der Waals surface area (Å²) in [6.45, 7) is 2.02. The number of halogens is 1. The highest BCUT2D eigenvalue weighted by Crippen LogP contribution is 2.34. The van der Waals surface area contributed by atoms with E-state index in [1.807, 2.05) is 25.1 Å². The first-order chi connectivity index (χ1) is 9.69. The highest BCUT2D eigenvalue weighted by atomic mass is 79.9. The molecule has 20 heavy (non-hydrogen) atoms. The average Bonchev–Trinajstić information content (AvgIpc) is 3.02. The Morgan fingerprint density at radius 2 is 2.10 bits per heavy atom. The molecule has 0 N–H and O–H groups in total. The summed E-state index contributed by atoms with van der Waals surface area (Å²) in [5.74, 6) is 0. The first kappa shape index (κ1) is 13.2. The molecule has 0 atom stereocenters. The van der Waals surface area contributed by atoms with Crippen LogP contribution in [-0.2, 0) is 0 Å². The van der Waals surface area contributed by atoms with Gasteiger partial charge in [-0.3, -0.25) is 9.78 Å². The van der Waals surface area contributed by atoms with Gasteiger partial charge in [-0.2, -0.15) is 5.10 Å². The Morgan fingerprint density at radius 3 is 2.70 bits per heavy atom. The summed E-state index contributed by atoms with van der Waals surface area (Å²) in [6, 6.07) is 5.69. The largest absolute Gasteiger partial charge is 0.298 e. The fourth-order valence-corrected chi connectivity index (χ4v) is 3.68. The molecule has 4 nitrogen and oxygen atoms in total. The molecule has 0 spiro atoms. The molecule has 0 aliphatic rings. The van der Waals surface area contributed by atoms with Gasteiger partial charge in [0.25, 0.3) is 0 Å². The number of nitrogens with zero attached hydrogens (tertiary/aromatic N) is 3. The van der Waals surface area contributed by atoms with Crippen LogP contribution < -0.4 is 0 Å². The van der Waals surface area contributed by atoms with Crippen LogP contribution >= 0.6 is 27.3 Å². The van der Waals surface area contributed by atoms with Crippen LogP contribution in [0.2, 0.25) is 0 Å². The quantitative estimate of drug-likeness (QED) is 0.675. The van der Waals surface area contributed by atoms with Crippen molar-refractivity contribution in [3.8, 4) is 16.9 Å². The van der Waals surface area contributed by atoms with Crippen LogP contribution in [0.5, 0.6) is 0 Å². The Kier molecular flexibility index (Phi) is 3.50. The first-order valence-corrected chi connectivity index (χ1v) is 7.51. The van der Waals surface area contributed by atoms with Gasteiger partial charge in [-0.05, 0) is 41.1 Å². The lowest BCUT2D eigenvalue weighted by atomic mass is 10.1. The molecule has 3 aromatic rings. The number of carbonyl (C=O) groups excluding carboxylic acids is 1. The second-order valence-corrected chi connectivity index (χ2v) is 6.86. The summed E-state index contributed by atoms with van der Waals surface area (Å²) >= 11 is 5.10. The van der Waals surface area contributed by atoms with Crippen molar-refractivity contribution in [3.63, 3.8) is 0 Å². The van der Waals surface area contributed by atoms with Crippen molar-refractivity contribution in [1.82, 2.24) is 14.8 Å². The minimum Gasteiger partial charge on any atom is -0.298 e. The minimum atomic E-state index is 0.579. The lowest BCUT2D eigenvalue weighted by Crippen LogP contribution is -1.94. The Balaban J connectivity index is 2.15. The Morgan fingerprint density at radius 1 is 1.35 bits per heavy atom. The SMILES string of the molecule is Cc1sc(Br)cc1-c1nn(-c2ccncc2)cc1C=O. The summed E-state index contributed by atoms with van der Waals surface area (Å²) in [7, 11) is 0. The fraction of sp³-hybridized carbons (Fsp3) is 0.0714. The van der Waals surface area contributed by atoms with Crippen molar-refractivity contribution in [2.24, 2.45) is 0 Å². The van der Waals surface area contributed by atoms with E-state index in [0.717, 1.165) is 26.2 Å². The van der Waals surface area contributed by atoms with E-state index in [9.17, 15) is 4.79 Å². The molecule has 0 unspecified atom stereocenters. The molecule has 0 bridgehead atoms. The summed E-state index contributed by atoms with van der Waals surface area (Å²) in [4.78, 5) is 16.4. The Bertz CT molecular complexity index is 764. The number of aryl methyl sites for hydroxylation is 1. The number of rotatable bonds is 3. The molecule has 0 aliphatic carbocycles. The third-order valence-electron chi connectivity index (χ3n) is 2.94. The van der Waals surface area contributed by atoms with Gasteiger partial charge in [0.2, 0.25) is 0 Å². The van der Waals surface area contributed by atoms with E-state index in [4.69, 9.17) is 0 Å². The third kappa shape index (κ3) is 2.32. The lowest BCUT2D eigenvalue weighted by Gasteiger charge is -1.99. The van der Waals surface area contributed by atoms with Gasteiger partial charge >= 0.3 is 0 Å². The van der Waals surface area contributed by atoms with Crippen molar-refractivity contribution in [1.29, 1.82) is 0 Å². The van der Waals surface area contributed by atoms with Crippen LogP contribution in [-0.4, -0.2) is 21.1 Å². The maximum atomic E-state index is 11.3. The van der Waals surface area contributed by atoms with E-state index in [0.29, 0.717) is 11.3 Å². The predicted molar refractivity (Wildman–Crippen MR) is 82.5 cm³/mol. The van der Waals surface area contributed by atoms with Crippen molar-refractivity contribution in [3.05, 3.63) is 51.0 Å². The normalized spacial score (nSPS) is 10.7. The first-order valence-electron chi connectivity index (χ1n) is 5.90. The van der Waals surface area contributed by atoms with Crippen LogP contribution in [0.1, 0.15) is 15.2 Å². The predicted octanol–water partition coefficient (Wildman–Crippen LogP) is 3.88. The molecule has 0 aromatic carbocycles. The second-order valence-electron chi connectivity index (χ2n) is 4.22. The second kappa shape index (κ2) is 5.30. The molecule has 0 amide bonds. The maximum absolute atomic E-state index is 11.3. The highest BCUT2D eigenvalue weighted by Gasteiger charge is 2.15. The molecule has 6 heteroatoms. The van der Waals surface area contributed by atoms with Crippen molar-refractivity contribution < 1.29 is 4.79 Å². The van der Waals surface area contributed by atoms with Crippen LogP contribution in [0.4, 0.5) is 0 Å². The van der Waals surface area contributed by atoms with Gasteiger partial charge in [-0.15, -0.1) is 11.3 Å². The van der Waals surface area contributed by atoms with Crippen molar-refractivity contribution in [2.75, 3.05) is 0 Å². The van der Waals surface area contributed by atoms with E-state index in [2.05, 4.69) is 26.0 Å². The summed E-state index contributed by atoms with van der Waals surface area (Å²) in [5.41, 5.74) is 3.14. The van der Waals surface area contributed by atoms with E-state index < -0.39 is 0 Å². The topological polar surface area (TPSA) is 47.8 Å². The monoisotopic (exact) mass is 347 g/mol. The molecule has 0 saturated carbocycles. The molecule has 0 aliphatic heterocycles. The van der Waals surface area contributed by atoms with E-state index in [1.54, 1.807) is 34.6 Å². The zero-order valence-corrected chi connectivity index (χ0v) is 13.0. The lowest BCUT2D eigenvalue weighted by molar-refractivity contribution is 0.112. The van der Waals surface area contributed by atoms with Gasteiger partial charge in [0.1, 0.15) is 5.69 Å². The van der Waals surface area contributed by atoms with Crippen LogP contribution in [0.25, 0.3) is 16.9 Å². The average molecular weight is 348 g/mol. The van der Waals surface area contributed by atoms with E-state index in [-0.39, 0.29) is 0 Å². The van der Waals surface area contributed by atoms with Gasteiger partial charge < -0.3 is 0 Å². The highest BCUT2D eigenvalue weighted by molar-refractivity contribution is 9.11. The molecule has 0 radical (unpaired) electrons. The maximum Gasteiger partial charge on any atom is 0.153 e. The Labute approximate surface area is 128 Å². The van der Waals surface area contributed by atoms with Crippen molar-refractivity contribution >= 4 is 33.6 Å². The van der Waals surface area contributed by atoms with Gasteiger partial charge in [0.05, 0.1) is 15.0 Å². The third-order valence-corrected chi connectivity index (χ3v) is 4.49. The molecular weight excluding hydrogens is 338 g/mol. The van der Waals surface area contributed by atoms with Crippen LogP contribution in [0, 0.1) is 6.92 Å². The molecule has 0 fully saturated rings. The minimum absolute atomic E-state index is 0.579. The number of hydrogen-bond donors (Lipinski definition) is 0. The number of aldehydes is 1. The zero-order chi connectivity index (χ0) is 14.1. The zero-order valence-electron chi connectivity index (χ0n) is 10.6. The summed E-state index contributed by atoms with van der Waals surface area (Å²) in [5, 5.41) is 4.54. The number of hydrogen-bond acceptors (Lipinski definition) is 4. The van der Waals surface area contributed by atoms with Crippen LogP contribution in [0.3, 0.4) is 0 Å². The van der Waals surface area contributed by atoms with Crippen molar-refractivity contribution in [2.45, 2.75) is 6.92 Å². The standard InChI is InChI=1S/C14H10BrN3OS/c1-9-12(6-13(15)20-9)14-10(8-19)7-18(17-14)11-2-4-16-5-3-11/h2-8H,1H3. The molecule has 3 aromatic heterocycles. The number of thiophene rings is 1. The molecule has 100 valence electrons. The van der Waals surface area contributed by atoms with Gasteiger partial charge in [0.15, 0.2) is 6.29 Å². The van der Waals surface area contributed by atoms with Gasteiger partial charge in [-0.25, -0.2) is 4.68 Å². The number of pyridine rings is 1. The number of aromatic nitrogens is 3. The molecule has 3 rings (SSSR count). The van der Waals surface area contributed by atoms with Gasteiger partial charge in [0, 0.05) is 29.0 Å². The smallest absolute Gasteiger partial charge is 0.153 e. The van der Waals surface area contributed by atoms with Crippen LogP contribution in [0.15, 0.2) is 40.6 Å². The summed E-state index contributed by atoms with van der Waals surface area (Å²) in [6.07, 6.45) is 5.97. The fourth-order valence-electron chi connectivity index (χ4n) is 1.99. The molecule has 3 heterocycles. The van der Waals surface area contributed by atoms with E-state index >= 15 is 0 Å². The Hall–Kier alpha value is -1.79. The molecular formula is C14H10BrN3OS. The number of carbonyl (C=O) groups is 1. The van der Waals surface area contributed by atoms with E-state index in [1.165, 1.54) is 0 Å². The van der Waals surface area contributed by atoms with Gasteiger partial charge in [-0.1, -0.05) is 0 Å². The summed E-state index contributed by atoms with van der Waals surface area (Å²) < 4.78 is 2.73. The molecule has 0 saturated heterocycles.